The molecule has 2 rings (SSSR count). The summed E-state index contributed by atoms with van der Waals surface area (Å²) >= 11 is 0. The van der Waals surface area contributed by atoms with Crippen molar-refractivity contribution < 1.29 is 1020 Å². The minimum Gasteiger partial charge on any atom is -0.265 e. The van der Waals surface area contributed by atoms with Gasteiger partial charge in [0.15, 0.2) is 0 Å². The van der Waals surface area contributed by atoms with Gasteiger partial charge in [-0.3, -0.25) is 4.39 Å². The molecule has 0 spiro atoms. The van der Waals surface area contributed by atoms with Gasteiger partial charge in [-0.1, -0.05) is 6.92 Å². The van der Waals surface area contributed by atoms with Crippen molar-refractivity contribution >= 4 is 0 Å². The molecule has 2 aromatic rings. The van der Waals surface area contributed by atoms with Crippen LogP contribution in [0.2, 0.25) is 0 Å². The van der Waals surface area contributed by atoms with Gasteiger partial charge in [0.05, 0.1) is 0 Å². The van der Waals surface area contributed by atoms with E-state index in [1.54, 1.807) is 6.07 Å². The fourth-order valence-electron chi connectivity index (χ4n) is 1.24. The third-order valence-corrected chi connectivity index (χ3v) is 2.03. The van der Waals surface area contributed by atoms with E-state index in [9.17, 15) is 4.39 Å². The average Bonchev–Trinajstić information content (AvgIpc) is 2.21. The molecular formula is C13H9FY31-2. The van der Waals surface area contributed by atoms with Gasteiger partial charge in [0.1, 0.15) is 0 Å². The minimum absolute atomic E-state index is 0. The van der Waals surface area contributed by atoms with E-state index in [1.807, 2.05) is 25.1 Å². The molecule has 32 heteroatoms. The van der Waals surface area contributed by atoms with Crippen LogP contribution in [0.15, 0.2) is 36.4 Å². The van der Waals surface area contributed by atoms with E-state index in [0.717, 1.165) is 16.7 Å². The zero-order valence-electron chi connectivity index (χ0n) is 25.7. The Morgan fingerprint density at radius 2 is 0.511 bits per heavy atom. The third kappa shape index (κ3) is 133. The first-order chi connectivity index (χ1) is 6.75. The first kappa shape index (κ1) is 201. The van der Waals surface area contributed by atoms with Crippen LogP contribution >= 0.6 is 0 Å². The second kappa shape index (κ2) is 158. The molecule has 0 fully saturated rings. The molecule has 31 radical (unpaired) electrons. The van der Waals surface area contributed by atoms with Crippen molar-refractivity contribution in [1.29, 1.82) is 0 Å². The van der Waals surface area contributed by atoms with Gasteiger partial charge in [-0.25, -0.2) is 11.1 Å². The number of halogens is 1. The minimum atomic E-state index is -0.263. The van der Waals surface area contributed by atoms with E-state index in [1.165, 1.54) is 12.1 Å². The van der Waals surface area contributed by atoms with Crippen LogP contribution in [0.25, 0.3) is 11.1 Å². The van der Waals surface area contributed by atoms with Gasteiger partial charge in [0.2, 0.25) is 0 Å². The number of benzene rings is 2. The average molecular weight is 2940 g/mol. The summed E-state index contributed by atoms with van der Waals surface area (Å²) in [6, 6.07) is 16.3. The normalized spacial score (nSPS) is 3.16. The van der Waals surface area contributed by atoms with E-state index < -0.39 is 0 Å². The smallest absolute Gasteiger partial charge is 0.0364 e. The number of aryl methyl sites for hydroxylation is 1. The molecule has 0 bridgehead atoms. The predicted octanol–water partition coefficient (Wildman–Crippen LogP) is 3.32. The zero-order valence-corrected chi connectivity index (χ0v) is 114. The van der Waals surface area contributed by atoms with Crippen LogP contribution in [0.4, 0.5) is 4.39 Å². The first-order valence-corrected chi connectivity index (χ1v) is 4.42. The van der Waals surface area contributed by atoms with E-state index in [-0.39, 0.29) is 1020 Å². The maximum atomic E-state index is 12.6. The molecule has 0 aliphatic rings. The van der Waals surface area contributed by atoms with Crippen LogP contribution in [0.3, 0.4) is 0 Å². The monoisotopic (exact) mass is 2940 g/mol. The molecule has 0 saturated heterocycles. The Balaban J connectivity index is -0.00000000259. The SMILES string of the molecule is Cc1c[c-]c(-c2[c-]cc(F)cc2)cc1.[Y].[Y].[Y].[Y].[Y].[Y].[Y].[Y].[Y].[Y].[Y].[Y].[Y].[Y].[Y].[Y].[Y].[Y].[Y].[Y].[Y].[Y].[Y].[Y].[Y].[Y].[Y].[Y].[Y].[Y].[Y]. The number of hydrogen-bond acceptors (Lipinski definition) is 0. The summed E-state index contributed by atoms with van der Waals surface area (Å²) in [6.45, 7) is 2.01. The molecule has 2 aromatic carbocycles. The van der Waals surface area contributed by atoms with Crippen LogP contribution in [-0.2, 0) is 1010 Å². The molecule has 0 unspecified atom stereocenters. The van der Waals surface area contributed by atoms with Crippen LogP contribution in [0, 0.1) is 24.9 Å². The molecule has 0 aliphatic heterocycles. The Hall–Kier alpha value is 32.6. The molecule has 0 heterocycles. The molecule has 0 atom stereocenters. The Bertz CT molecular complexity index is 409. The molecule has 0 saturated carbocycles. The Labute approximate surface area is 1060 Å². The predicted molar refractivity (Wildman–Crippen MR) is 54.2 cm³/mol. The second-order valence-corrected chi connectivity index (χ2v) is 3.20. The topological polar surface area (TPSA) is 0 Å². The van der Waals surface area contributed by atoms with Gasteiger partial charge in [-0.05, 0) is 0 Å². The first-order valence-electron chi connectivity index (χ1n) is 4.42. The van der Waals surface area contributed by atoms with Gasteiger partial charge >= 0.3 is 0 Å². The summed E-state index contributed by atoms with van der Waals surface area (Å²) in [4.78, 5) is 0. The molecule has 163 valence electrons. The summed E-state index contributed by atoms with van der Waals surface area (Å²) in [7, 11) is 0. The van der Waals surface area contributed by atoms with Crippen LogP contribution in [0.5, 0.6) is 0 Å². The van der Waals surface area contributed by atoms with Crippen LogP contribution < -0.4 is 0 Å². The van der Waals surface area contributed by atoms with Crippen LogP contribution in [-0.4, -0.2) is 0 Å². The van der Waals surface area contributed by atoms with Crippen molar-refractivity contribution in [3.63, 3.8) is 0 Å². The van der Waals surface area contributed by atoms with Crippen LogP contribution in [0.1, 0.15) is 5.56 Å². The van der Waals surface area contributed by atoms with Crippen molar-refractivity contribution in [2.45, 2.75) is 6.92 Å². The van der Waals surface area contributed by atoms with Gasteiger partial charge in [-0.15, -0.1) is 17.7 Å². The van der Waals surface area contributed by atoms with E-state index in [0.29, 0.717) is 0 Å². The Morgan fingerprint density at radius 3 is 0.667 bits per heavy atom. The number of rotatable bonds is 1. The van der Waals surface area contributed by atoms with Crippen molar-refractivity contribution in [3.05, 3.63) is 59.9 Å². The Morgan fingerprint density at radius 1 is 0.311 bits per heavy atom. The quantitative estimate of drug-likeness (QED) is 0.386. The van der Waals surface area contributed by atoms with Gasteiger partial charge in [-0.2, -0.15) is 36.4 Å². The van der Waals surface area contributed by atoms with Gasteiger partial charge in [0.25, 0.3) is 0 Å². The largest absolute Gasteiger partial charge is 0.265 e. The molecular weight excluding hydrogens is 2930 g/mol. The van der Waals surface area contributed by atoms with Crippen molar-refractivity contribution in [2.75, 3.05) is 0 Å². The molecule has 0 aromatic heterocycles. The molecule has 0 nitrogen and oxygen atoms in total. The van der Waals surface area contributed by atoms with Crippen molar-refractivity contribution in [1.82, 2.24) is 0 Å². The van der Waals surface area contributed by atoms with Gasteiger partial charge in [0, 0.05) is 1020 Å². The second-order valence-electron chi connectivity index (χ2n) is 3.20. The maximum Gasteiger partial charge on any atom is 0.0364 e. The zero-order chi connectivity index (χ0) is 9.97. The summed E-state index contributed by atoms with van der Waals surface area (Å²) in [5, 5.41) is 0. The van der Waals surface area contributed by atoms with E-state index in [4.69, 9.17) is 0 Å². The summed E-state index contributed by atoms with van der Waals surface area (Å²) in [5.74, 6) is -0.263. The molecule has 0 aliphatic carbocycles. The summed E-state index contributed by atoms with van der Waals surface area (Å²) in [6.07, 6.45) is 0. The van der Waals surface area contributed by atoms with Crippen molar-refractivity contribution in [3.8, 4) is 11.1 Å². The van der Waals surface area contributed by atoms with E-state index >= 15 is 0 Å². The molecule has 0 amide bonds. The summed E-state index contributed by atoms with van der Waals surface area (Å²) in [5.41, 5.74) is 2.97. The van der Waals surface area contributed by atoms with Crippen molar-refractivity contribution in [2.24, 2.45) is 0 Å². The standard InChI is InChI=1S/C13H9F.31Y/c1-10-2-4-11(5-3-10)12-6-8-13(14)9-7-12;;;;;;;;;;;;;;;;;;;;;;;;;;;;;;;/h2-4,6,8-9H,1H3;;;;;;;;;;;;;;;;;;;;;;;;;;;;;;;/q-2;;;;;;;;;;;;;;;;;;;;;;;;;;;;;;;. The Kier molecular flexibility index (Phi) is 707. The van der Waals surface area contributed by atoms with E-state index in [2.05, 4.69) is 12.1 Å². The maximum absolute atomic E-state index is 12.6. The fraction of sp³-hybridized carbons (Fsp3) is 0.0769. The third-order valence-electron chi connectivity index (χ3n) is 2.03. The number of hydrogen-bond donors (Lipinski definition) is 0. The summed E-state index contributed by atoms with van der Waals surface area (Å²) < 4.78 is 12.6. The molecule has 0 N–H and O–H groups in total. The fourth-order valence-corrected chi connectivity index (χ4v) is 1.24. The molecule has 45 heavy (non-hydrogen) atoms. The van der Waals surface area contributed by atoms with Gasteiger partial charge < -0.3 is 0 Å².